The zero-order valence-electron chi connectivity index (χ0n) is 13.9. The van der Waals surface area contributed by atoms with Crippen LogP contribution in [-0.4, -0.2) is 28.5 Å². The highest BCUT2D eigenvalue weighted by Crippen LogP contribution is 2.29. The van der Waals surface area contributed by atoms with Crippen LogP contribution < -0.4 is 5.32 Å². The molecule has 25 heavy (non-hydrogen) atoms. The summed E-state index contributed by atoms with van der Waals surface area (Å²) in [5.41, 5.74) is 2.62. The van der Waals surface area contributed by atoms with Gasteiger partial charge in [0.25, 0.3) is 5.91 Å². The van der Waals surface area contributed by atoms with E-state index in [-0.39, 0.29) is 12.5 Å². The van der Waals surface area contributed by atoms with Crippen molar-refractivity contribution in [3.63, 3.8) is 0 Å². The first kappa shape index (κ1) is 17.4. The van der Waals surface area contributed by atoms with Crippen LogP contribution in [0.5, 0.6) is 0 Å². The zero-order valence-corrected chi connectivity index (χ0v) is 15.5. The maximum atomic E-state index is 12.6. The lowest BCUT2D eigenvalue weighted by molar-refractivity contribution is 0.0525. The molecule has 0 radical (unpaired) electrons. The van der Waals surface area contributed by atoms with E-state index < -0.39 is 5.97 Å². The number of nitrogens with zero attached hydrogens (tertiary/aromatic N) is 1. The number of anilines is 1. The third-order valence-electron chi connectivity index (χ3n) is 3.72. The molecule has 0 aliphatic heterocycles. The van der Waals surface area contributed by atoms with Gasteiger partial charge in [0.15, 0.2) is 5.13 Å². The van der Waals surface area contributed by atoms with Gasteiger partial charge >= 0.3 is 5.97 Å². The minimum absolute atomic E-state index is 0.276. The molecule has 130 valence electrons. The summed E-state index contributed by atoms with van der Waals surface area (Å²) < 4.78 is 5.92. The van der Waals surface area contributed by atoms with Gasteiger partial charge < -0.3 is 9.72 Å². The van der Waals surface area contributed by atoms with Crippen molar-refractivity contribution in [2.75, 3.05) is 11.9 Å². The molecule has 0 spiro atoms. The maximum Gasteiger partial charge on any atom is 0.340 e. The van der Waals surface area contributed by atoms with Gasteiger partial charge in [-0.1, -0.05) is 22.9 Å². The predicted molar refractivity (Wildman–Crippen MR) is 98.8 cm³/mol. The lowest BCUT2D eigenvalue weighted by atomic mass is 10.1. The largest absolute Gasteiger partial charge is 0.462 e. The van der Waals surface area contributed by atoms with Crippen LogP contribution in [0.15, 0.2) is 18.2 Å². The first-order valence-electron chi connectivity index (χ1n) is 7.64. The second-order valence-corrected chi connectivity index (χ2v) is 6.90. The Morgan fingerprint density at radius 2 is 2.12 bits per heavy atom. The molecule has 0 aliphatic rings. The number of halogens is 1. The highest BCUT2D eigenvalue weighted by molar-refractivity contribution is 7.22. The average Bonchev–Trinajstić information content (AvgIpc) is 3.07. The number of fused-ring (bicyclic) bond motifs is 1. The van der Waals surface area contributed by atoms with Crippen molar-refractivity contribution in [3.05, 3.63) is 45.7 Å². The Morgan fingerprint density at radius 1 is 1.36 bits per heavy atom. The van der Waals surface area contributed by atoms with Gasteiger partial charge in [0.05, 0.1) is 22.4 Å². The Kier molecular flexibility index (Phi) is 4.78. The van der Waals surface area contributed by atoms with E-state index in [9.17, 15) is 9.59 Å². The number of aromatic nitrogens is 2. The SMILES string of the molecule is CCOC(=O)c1c(C)[nH]c(C(=O)Nc2nc3ccc(Cl)cc3s2)c1C. The molecule has 0 bridgehead atoms. The summed E-state index contributed by atoms with van der Waals surface area (Å²) in [6.07, 6.45) is 0. The first-order valence-corrected chi connectivity index (χ1v) is 8.84. The number of hydrogen-bond donors (Lipinski definition) is 2. The molecule has 3 aromatic rings. The summed E-state index contributed by atoms with van der Waals surface area (Å²) in [5, 5.41) is 3.84. The minimum atomic E-state index is -0.442. The van der Waals surface area contributed by atoms with E-state index in [1.165, 1.54) is 11.3 Å². The van der Waals surface area contributed by atoms with Gasteiger partial charge in [-0.2, -0.15) is 0 Å². The standard InChI is InChI=1S/C17H16ClN3O3S/c1-4-24-16(23)13-8(2)14(19-9(13)3)15(22)21-17-20-11-6-5-10(18)7-12(11)25-17/h5-7,19H,4H2,1-3H3,(H,20,21,22). The Bertz CT molecular complexity index is 977. The van der Waals surface area contributed by atoms with Crippen molar-refractivity contribution in [1.29, 1.82) is 0 Å². The summed E-state index contributed by atoms with van der Waals surface area (Å²) in [5.74, 6) is -0.802. The van der Waals surface area contributed by atoms with E-state index in [2.05, 4.69) is 15.3 Å². The topological polar surface area (TPSA) is 84.1 Å². The minimum Gasteiger partial charge on any atom is -0.462 e. The van der Waals surface area contributed by atoms with Gasteiger partial charge in [0.1, 0.15) is 5.69 Å². The number of ether oxygens (including phenoxy) is 1. The number of benzene rings is 1. The number of H-pyrrole nitrogens is 1. The molecule has 0 unspecified atom stereocenters. The molecule has 8 heteroatoms. The Labute approximate surface area is 153 Å². The maximum absolute atomic E-state index is 12.6. The number of aromatic amines is 1. The summed E-state index contributed by atoms with van der Waals surface area (Å²) in [6.45, 7) is 5.46. The third-order valence-corrected chi connectivity index (χ3v) is 4.88. The highest BCUT2D eigenvalue weighted by atomic mass is 35.5. The van der Waals surface area contributed by atoms with Crippen LogP contribution in [-0.2, 0) is 4.74 Å². The van der Waals surface area contributed by atoms with Crippen LogP contribution in [0.4, 0.5) is 5.13 Å². The van der Waals surface area contributed by atoms with Gasteiger partial charge in [0.2, 0.25) is 0 Å². The van der Waals surface area contributed by atoms with Crippen molar-refractivity contribution in [1.82, 2.24) is 9.97 Å². The van der Waals surface area contributed by atoms with E-state index in [1.54, 1.807) is 39.0 Å². The molecule has 2 aromatic heterocycles. The van der Waals surface area contributed by atoms with Crippen LogP contribution in [0.1, 0.15) is 39.0 Å². The fourth-order valence-corrected chi connectivity index (χ4v) is 3.74. The van der Waals surface area contributed by atoms with Crippen LogP contribution in [0, 0.1) is 13.8 Å². The van der Waals surface area contributed by atoms with E-state index in [1.807, 2.05) is 0 Å². The fourth-order valence-electron chi connectivity index (χ4n) is 2.60. The third kappa shape index (κ3) is 3.38. The van der Waals surface area contributed by atoms with Crippen LogP contribution in [0.3, 0.4) is 0 Å². The van der Waals surface area contributed by atoms with Gasteiger partial charge in [-0.3, -0.25) is 10.1 Å². The number of carbonyl (C=O) groups excluding carboxylic acids is 2. The van der Waals surface area contributed by atoms with E-state index >= 15 is 0 Å². The smallest absolute Gasteiger partial charge is 0.340 e. The highest BCUT2D eigenvalue weighted by Gasteiger charge is 2.23. The lowest BCUT2D eigenvalue weighted by Crippen LogP contribution is -2.14. The molecule has 3 rings (SSSR count). The molecule has 0 saturated carbocycles. The summed E-state index contributed by atoms with van der Waals surface area (Å²) in [4.78, 5) is 31.9. The number of hydrogen-bond acceptors (Lipinski definition) is 5. The second-order valence-electron chi connectivity index (χ2n) is 5.43. The number of esters is 1. The number of carbonyl (C=O) groups is 2. The molecule has 0 fully saturated rings. The first-order chi connectivity index (χ1) is 11.9. The quantitative estimate of drug-likeness (QED) is 0.663. The van der Waals surface area contributed by atoms with Gasteiger partial charge in [0, 0.05) is 10.7 Å². The Balaban J connectivity index is 1.87. The summed E-state index contributed by atoms with van der Waals surface area (Å²) >= 11 is 7.30. The van der Waals surface area contributed by atoms with Crippen molar-refractivity contribution in [3.8, 4) is 0 Å². The van der Waals surface area contributed by atoms with E-state index in [4.69, 9.17) is 16.3 Å². The Hall–Kier alpha value is -2.38. The Morgan fingerprint density at radius 3 is 2.84 bits per heavy atom. The summed E-state index contributed by atoms with van der Waals surface area (Å²) in [6, 6.07) is 5.35. The molecular weight excluding hydrogens is 362 g/mol. The van der Waals surface area contributed by atoms with Crippen LogP contribution >= 0.6 is 22.9 Å². The number of amides is 1. The van der Waals surface area contributed by atoms with Crippen molar-refractivity contribution < 1.29 is 14.3 Å². The van der Waals surface area contributed by atoms with Crippen molar-refractivity contribution >= 4 is 50.2 Å². The number of rotatable bonds is 4. The zero-order chi connectivity index (χ0) is 18.1. The molecule has 6 nitrogen and oxygen atoms in total. The van der Waals surface area contributed by atoms with Gasteiger partial charge in [-0.15, -0.1) is 0 Å². The number of aryl methyl sites for hydroxylation is 1. The molecule has 2 heterocycles. The second kappa shape index (κ2) is 6.85. The van der Waals surface area contributed by atoms with Gasteiger partial charge in [-0.05, 0) is 44.5 Å². The molecule has 0 atom stereocenters. The summed E-state index contributed by atoms with van der Waals surface area (Å²) in [7, 11) is 0. The van der Waals surface area contributed by atoms with E-state index in [0.29, 0.717) is 32.7 Å². The molecular formula is C17H16ClN3O3S. The van der Waals surface area contributed by atoms with E-state index in [0.717, 1.165) is 10.2 Å². The number of thiazole rings is 1. The number of nitrogens with one attached hydrogen (secondary N) is 2. The average molecular weight is 378 g/mol. The molecule has 0 aliphatic carbocycles. The molecule has 1 amide bonds. The monoisotopic (exact) mass is 377 g/mol. The van der Waals surface area contributed by atoms with Crippen LogP contribution in [0.25, 0.3) is 10.2 Å². The van der Waals surface area contributed by atoms with Crippen molar-refractivity contribution in [2.24, 2.45) is 0 Å². The van der Waals surface area contributed by atoms with Crippen LogP contribution in [0.2, 0.25) is 5.02 Å². The lowest BCUT2D eigenvalue weighted by Gasteiger charge is -2.03. The predicted octanol–water partition coefficient (Wildman–Crippen LogP) is 4.32. The molecule has 0 saturated heterocycles. The van der Waals surface area contributed by atoms with Crippen molar-refractivity contribution in [2.45, 2.75) is 20.8 Å². The molecule has 2 N–H and O–H groups in total. The van der Waals surface area contributed by atoms with Gasteiger partial charge in [-0.25, -0.2) is 9.78 Å². The normalized spacial score (nSPS) is 10.9. The molecule has 1 aromatic carbocycles. The fraction of sp³-hybridized carbons (Fsp3) is 0.235.